The van der Waals surface area contributed by atoms with E-state index < -0.39 is 0 Å². The fourth-order valence-electron chi connectivity index (χ4n) is 3.98. The van der Waals surface area contributed by atoms with Gasteiger partial charge in [-0.1, -0.05) is 26.8 Å². The number of rotatable bonds is 4. The number of hydrogen-bond donors (Lipinski definition) is 1. The molecule has 0 atom stereocenters. The Morgan fingerprint density at radius 3 is 2.68 bits per heavy atom. The summed E-state index contributed by atoms with van der Waals surface area (Å²) in [5.41, 5.74) is 4.84. The van der Waals surface area contributed by atoms with E-state index in [4.69, 9.17) is 10.3 Å². The number of nitrogen functional groups attached to an aromatic ring is 1. The van der Waals surface area contributed by atoms with Crippen molar-refractivity contribution >= 4 is 22.3 Å². The summed E-state index contributed by atoms with van der Waals surface area (Å²) in [5.74, 6) is 6.15. The minimum Gasteiger partial charge on any atom is -0.472 e. The minimum absolute atomic E-state index is 0.0413. The molecule has 0 bridgehead atoms. The second kappa shape index (κ2) is 6.99. The van der Waals surface area contributed by atoms with Gasteiger partial charge in [0.15, 0.2) is 5.78 Å². The summed E-state index contributed by atoms with van der Waals surface area (Å²) in [6.07, 6.45) is 8.25. The van der Waals surface area contributed by atoms with Gasteiger partial charge in [-0.05, 0) is 41.7 Å². The molecule has 146 valence electrons. The first-order valence-electron chi connectivity index (χ1n) is 9.71. The van der Waals surface area contributed by atoms with Crippen LogP contribution in [0, 0.1) is 5.41 Å². The SMILES string of the molecule is CC(C)(C)CN1CC=C(c2cn(N)c3ccc(C(=O)c4ccoc4)cc23)CC1. The molecule has 3 aromatic rings. The van der Waals surface area contributed by atoms with Gasteiger partial charge >= 0.3 is 0 Å². The first-order valence-corrected chi connectivity index (χ1v) is 9.71. The van der Waals surface area contributed by atoms with Crippen LogP contribution in [0.15, 0.2) is 53.5 Å². The Balaban J connectivity index is 1.66. The number of carbonyl (C=O) groups excluding carboxylic acids is 1. The summed E-state index contributed by atoms with van der Waals surface area (Å²) in [6, 6.07) is 7.38. The molecule has 1 aliphatic rings. The summed E-state index contributed by atoms with van der Waals surface area (Å²) in [7, 11) is 0. The van der Waals surface area contributed by atoms with E-state index in [0.717, 1.165) is 42.5 Å². The third kappa shape index (κ3) is 3.62. The van der Waals surface area contributed by atoms with Gasteiger partial charge in [-0.25, -0.2) is 0 Å². The number of aromatic nitrogens is 1. The van der Waals surface area contributed by atoms with Crippen LogP contribution in [0.25, 0.3) is 16.5 Å². The maximum Gasteiger partial charge on any atom is 0.196 e. The summed E-state index contributed by atoms with van der Waals surface area (Å²) >= 11 is 0. The Morgan fingerprint density at radius 1 is 1.21 bits per heavy atom. The summed E-state index contributed by atoms with van der Waals surface area (Å²) < 4.78 is 6.71. The molecule has 3 heterocycles. The lowest BCUT2D eigenvalue weighted by Crippen LogP contribution is -2.35. The van der Waals surface area contributed by atoms with Crippen molar-refractivity contribution in [3.8, 4) is 0 Å². The number of ketones is 1. The first kappa shape index (κ1) is 18.6. The van der Waals surface area contributed by atoms with Crippen molar-refractivity contribution in [1.29, 1.82) is 0 Å². The van der Waals surface area contributed by atoms with E-state index in [1.807, 2.05) is 24.4 Å². The highest BCUT2D eigenvalue weighted by molar-refractivity contribution is 6.11. The van der Waals surface area contributed by atoms with Gasteiger partial charge in [0, 0.05) is 42.3 Å². The largest absolute Gasteiger partial charge is 0.472 e. The van der Waals surface area contributed by atoms with E-state index in [1.165, 1.54) is 18.1 Å². The number of nitrogens with two attached hydrogens (primary N) is 1. The molecule has 0 unspecified atom stereocenters. The van der Waals surface area contributed by atoms with E-state index in [-0.39, 0.29) is 5.78 Å². The predicted molar refractivity (Wildman–Crippen MR) is 113 cm³/mol. The number of fused-ring (bicyclic) bond motifs is 1. The highest BCUT2D eigenvalue weighted by Gasteiger charge is 2.21. The maximum atomic E-state index is 12.7. The van der Waals surface area contributed by atoms with Gasteiger partial charge in [0.2, 0.25) is 0 Å². The van der Waals surface area contributed by atoms with Gasteiger partial charge in [-0.15, -0.1) is 0 Å². The molecule has 5 heteroatoms. The summed E-state index contributed by atoms with van der Waals surface area (Å²) in [6.45, 7) is 9.87. The first-order chi connectivity index (χ1) is 13.3. The van der Waals surface area contributed by atoms with Crippen molar-refractivity contribution < 1.29 is 9.21 Å². The zero-order valence-corrected chi connectivity index (χ0v) is 16.7. The van der Waals surface area contributed by atoms with Gasteiger partial charge in [0.1, 0.15) is 6.26 Å². The second-order valence-corrected chi connectivity index (χ2v) is 8.80. The molecule has 1 aromatic carbocycles. The Labute approximate surface area is 165 Å². The molecule has 0 radical (unpaired) electrons. The molecule has 0 saturated heterocycles. The van der Waals surface area contributed by atoms with E-state index >= 15 is 0 Å². The minimum atomic E-state index is -0.0413. The summed E-state index contributed by atoms with van der Waals surface area (Å²) in [4.78, 5) is 15.2. The third-order valence-corrected chi connectivity index (χ3v) is 5.22. The van der Waals surface area contributed by atoms with Gasteiger partial charge in [-0.2, -0.15) is 0 Å². The van der Waals surface area contributed by atoms with Crippen LogP contribution in [0.4, 0.5) is 0 Å². The topological polar surface area (TPSA) is 64.4 Å². The molecular weight excluding hydrogens is 350 g/mol. The molecule has 0 fully saturated rings. The van der Waals surface area contributed by atoms with Crippen molar-refractivity contribution in [3.05, 3.63) is 65.8 Å². The predicted octanol–water partition coefficient (Wildman–Crippen LogP) is 4.31. The van der Waals surface area contributed by atoms with Gasteiger partial charge in [0.25, 0.3) is 0 Å². The van der Waals surface area contributed by atoms with E-state index in [1.54, 1.807) is 10.7 Å². The number of benzene rings is 1. The fourth-order valence-corrected chi connectivity index (χ4v) is 3.98. The Kier molecular flexibility index (Phi) is 4.63. The van der Waals surface area contributed by atoms with Gasteiger partial charge in [0.05, 0.1) is 17.3 Å². The van der Waals surface area contributed by atoms with Crippen LogP contribution in [-0.4, -0.2) is 35.0 Å². The Hall–Kier alpha value is -2.79. The molecule has 28 heavy (non-hydrogen) atoms. The normalized spacial score (nSPS) is 15.8. The summed E-state index contributed by atoms with van der Waals surface area (Å²) in [5, 5.41) is 1.02. The average Bonchev–Trinajstić information content (AvgIpc) is 3.29. The van der Waals surface area contributed by atoms with Crippen LogP contribution in [-0.2, 0) is 0 Å². The van der Waals surface area contributed by atoms with Gasteiger partial charge < -0.3 is 10.3 Å². The molecule has 0 aliphatic carbocycles. The molecule has 0 spiro atoms. The molecular formula is C23H27N3O2. The lowest BCUT2D eigenvalue weighted by Gasteiger charge is -2.32. The van der Waals surface area contributed by atoms with Crippen molar-refractivity contribution in [2.45, 2.75) is 27.2 Å². The number of carbonyl (C=O) groups is 1. The highest BCUT2D eigenvalue weighted by Crippen LogP contribution is 2.32. The van der Waals surface area contributed by atoms with E-state index in [2.05, 4.69) is 31.7 Å². The monoisotopic (exact) mass is 377 g/mol. The molecule has 2 aromatic heterocycles. The maximum absolute atomic E-state index is 12.7. The lowest BCUT2D eigenvalue weighted by molar-refractivity contribution is 0.103. The molecule has 0 saturated carbocycles. The van der Waals surface area contributed by atoms with Crippen LogP contribution in [0.3, 0.4) is 0 Å². The van der Waals surface area contributed by atoms with Crippen molar-refractivity contribution in [2.24, 2.45) is 5.41 Å². The molecule has 0 amide bonds. The molecule has 1 aliphatic heterocycles. The molecule has 2 N–H and O–H groups in total. The Morgan fingerprint density at radius 2 is 2.04 bits per heavy atom. The van der Waals surface area contributed by atoms with Gasteiger partial charge in [-0.3, -0.25) is 14.4 Å². The quantitative estimate of drug-likeness (QED) is 0.543. The number of hydrogen-bond acceptors (Lipinski definition) is 4. The second-order valence-electron chi connectivity index (χ2n) is 8.80. The number of furan rings is 1. The average molecular weight is 377 g/mol. The van der Waals surface area contributed by atoms with Crippen LogP contribution >= 0.6 is 0 Å². The van der Waals surface area contributed by atoms with Crippen molar-refractivity contribution in [3.63, 3.8) is 0 Å². The zero-order valence-electron chi connectivity index (χ0n) is 16.7. The zero-order chi connectivity index (χ0) is 19.9. The van der Waals surface area contributed by atoms with E-state index in [9.17, 15) is 4.79 Å². The Bertz CT molecular complexity index is 1040. The molecule has 4 rings (SSSR count). The number of nitrogens with zero attached hydrogens (tertiary/aromatic N) is 2. The van der Waals surface area contributed by atoms with Crippen LogP contribution < -0.4 is 5.84 Å². The fraction of sp³-hybridized carbons (Fsp3) is 0.348. The van der Waals surface area contributed by atoms with Crippen molar-refractivity contribution in [1.82, 2.24) is 9.58 Å². The standard InChI is InChI=1S/C23H27N3O2/c1-23(2,3)15-25-9-6-16(7-10-25)20-13-26(24)21-5-4-17(12-19(20)21)22(27)18-8-11-28-14-18/h4-6,8,11-14H,7,9-10,15,24H2,1-3H3. The van der Waals surface area contributed by atoms with Crippen LogP contribution in [0.1, 0.15) is 48.7 Å². The third-order valence-electron chi connectivity index (χ3n) is 5.22. The van der Waals surface area contributed by atoms with Crippen LogP contribution in [0.2, 0.25) is 0 Å². The van der Waals surface area contributed by atoms with Crippen molar-refractivity contribution in [2.75, 3.05) is 25.5 Å². The smallest absolute Gasteiger partial charge is 0.196 e. The van der Waals surface area contributed by atoms with Crippen LogP contribution in [0.5, 0.6) is 0 Å². The molecule has 5 nitrogen and oxygen atoms in total. The lowest BCUT2D eigenvalue weighted by atomic mass is 9.93. The van der Waals surface area contributed by atoms with E-state index in [0.29, 0.717) is 16.5 Å². The highest BCUT2D eigenvalue weighted by atomic mass is 16.3.